The van der Waals surface area contributed by atoms with Crippen LogP contribution in [0.15, 0.2) is 36.4 Å². The van der Waals surface area contributed by atoms with Gasteiger partial charge in [0.2, 0.25) is 5.78 Å². The van der Waals surface area contributed by atoms with Crippen LogP contribution in [0.3, 0.4) is 0 Å². The molecule has 3 aromatic rings. The number of hydrogen-bond donors (Lipinski definition) is 0. The van der Waals surface area contributed by atoms with Crippen LogP contribution in [-0.2, 0) is 0 Å². The Labute approximate surface area is 131 Å². The highest BCUT2D eigenvalue weighted by atomic mass is 35.5. The first kappa shape index (κ1) is 14.2. The lowest BCUT2D eigenvalue weighted by Crippen LogP contribution is -2.02. The minimum absolute atomic E-state index is 0.0473. The van der Waals surface area contributed by atoms with Crippen LogP contribution in [0.25, 0.3) is 10.1 Å². The Bertz CT molecular complexity index is 867. The van der Waals surface area contributed by atoms with Gasteiger partial charge in [0.05, 0.1) is 4.88 Å². The molecule has 1 aromatic heterocycles. The fraction of sp³-hybridized carbons (Fsp3) is 0.118. The second-order valence-electron chi connectivity index (χ2n) is 5.04. The quantitative estimate of drug-likeness (QED) is 0.567. The third kappa shape index (κ3) is 2.59. The smallest absolute Gasteiger partial charge is 0.203 e. The van der Waals surface area contributed by atoms with E-state index in [0.717, 1.165) is 21.2 Å². The molecule has 21 heavy (non-hydrogen) atoms. The highest BCUT2D eigenvalue weighted by Crippen LogP contribution is 2.30. The second-order valence-corrected chi connectivity index (χ2v) is 6.53. The standard InChI is InChI=1S/C17H12ClFOS/c1-9-6-14(18)10(2)5-13(9)17(20)16-7-11-3-4-12(19)8-15(11)21-16/h3-8H,1-2H3. The summed E-state index contributed by atoms with van der Waals surface area (Å²) in [5.41, 5.74) is 2.36. The van der Waals surface area contributed by atoms with Gasteiger partial charge in [0.15, 0.2) is 0 Å². The summed E-state index contributed by atoms with van der Waals surface area (Å²) in [7, 11) is 0. The molecule has 4 heteroatoms. The molecule has 1 heterocycles. The van der Waals surface area contributed by atoms with Crippen molar-refractivity contribution in [1.29, 1.82) is 0 Å². The van der Waals surface area contributed by atoms with Gasteiger partial charge in [-0.25, -0.2) is 4.39 Å². The van der Waals surface area contributed by atoms with Gasteiger partial charge in [-0.3, -0.25) is 4.79 Å². The normalized spacial score (nSPS) is 11.0. The van der Waals surface area contributed by atoms with Gasteiger partial charge in [0.1, 0.15) is 5.82 Å². The summed E-state index contributed by atoms with van der Waals surface area (Å²) in [6.07, 6.45) is 0. The van der Waals surface area contributed by atoms with E-state index in [0.29, 0.717) is 15.5 Å². The van der Waals surface area contributed by atoms with Crippen LogP contribution < -0.4 is 0 Å². The molecule has 1 nitrogen and oxygen atoms in total. The third-order valence-electron chi connectivity index (χ3n) is 3.46. The first-order chi connectivity index (χ1) is 9.95. The maximum absolute atomic E-state index is 13.2. The van der Waals surface area contributed by atoms with Gasteiger partial charge in [0.25, 0.3) is 0 Å². The molecule has 0 saturated heterocycles. The molecule has 0 saturated carbocycles. The summed E-state index contributed by atoms with van der Waals surface area (Å²) in [5.74, 6) is -0.337. The molecule has 0 aliphatic rings. The van der Waals surface area contributed by atoms with Crippen molar-refractivity contribution in [2.45, 2.75) is 13.8 Å². The fourth-order valence-electron chi connectivity index (χ4n) is 2.28. The molecule has 0 bridgehead atoms. The monoisotopic (exact) mass is 318 g/mol. The Morgan fingerprint density at radius 3 is 2.62 bits per heavy atom. The molecule has 0 atom stereocenters. The average molecular weight is 319 g/mol. The number of fused-ring (bicyclic) bond motifs is 1. The van der Waals surface area contributed by atoms with Crippen molar-refractivity contribution in [2.75, 3.05) is 0 Å². The lowest BCUT2D eigenvalue weighted by Gasteiger charge is -2.06. The van der Waals surface area contributed by atoms with E-state index < -0.39 is 0 Å². The Kier molecular flexibility index (Phi) is 3.56. The highest BCUT2D eigenvalue weighted by molar-refractivity contribution is 7.21. The van der Waals surface area contributed by atoms with Crippen LogP contribution in [0.4, 0.5) is 4.39 Å². The summed E-state index contributed by atoms with van der Waals surface area (Å²) in [6, 6.07) is 9.98. The maximum atomic E-state index is 13.2. The predicted molar refractivity (Wildman–Crippen MR) is 86.1 cm³/mol. The van der Waals surface area contributed by atoms with Crippen LogP contribution >= 0.6 is 22.9 Å². The van der Waals surface area contributed by atoms with Crippen LogP contribution in [0.5, 0.6) is 0 Å². The summed E-state index contributed by atoms with van der Waals surface area (Å²) in [6.45, 7) is 3.74. The molecule has 2 aromatic carbocycles. The molecule has 0 unspecified atom stereocenters. The van der Waals surface area contributed by atoms with Crippen LogP contribution in [-0.4, -0.2) is 5.78 Å². The molecule has 0 spiro atoms. The predicted octanol–water partition coefficient (Wildman–Crippen LogP) is 5.54. The number of carbonyl (C=O) groups excluding carboxylic acids is 1. The summed E-state index contributed by atoms with van der Waals surface area (Å²) < 4.78 is 14.0. The lowest BCUT2D eigenvalue weighted by atomic mass is 10.0. The molecule has 0 radical (unpaired) electrons. The molecule has 0 aliphatic heterocycles. The number of aryl methyl sites for hydroxylation is 2. The number of hydrogen-bond acceptors (Lipinski definition) is 2. The van der Waals surface area contributed by atoms with Crippen molar-refractivity contribution in [1.82, 2.24) is 0 Å². The van der Waals surface area contributed by atoms with Crippen molar-refractivity contribution in [3.63, 3.8) is 0 Å². The Morgan fingerprint density at radius 2 is 1.86 bits per heavy atom. The average Bonchev–Trinajstić information content (AvgIpc) is 2.85. The van der Waals surface area contributed by atoms with Crippen molar-refractivity contribution in [2.24, 2.45) is 0 Å². The van der Waals surface area contributed by atoms with E-state index in [1.807, 2.05) is 26.0 Å². The van der Waals surface area contributed by atoms with Gasteiger partial charge in [-0.05, 0) is 60.7 Å². The van der Waals surface area contributed by atoms with Crippen molar-refractivity contribution < 1.29 is 9.18 Å². The van der Waals surface area contributed by atoms with Crippen molar-refractivity contribution in [3.8, 4) is 0 Å². The van der Waals surface area contributed by atoms with Gasteiger partial charge in [-0.15, -0.1) is 11.3 Å². The topological polar surface area (TPSA) is 17.1 Å². The zero-order valence-corrected chi connectivity index (χ0v) is 13.1. The largest absolute Gasteiger partial charge is 0.288 e. The van der Waals surface area contributed by atoms with E-state index in [1.165, 1.54) is 23.5 Å². The zero-order chi connectivity index (χ0) is 15.1. The van der Waals surface area contributed by atoms with Crippen molar-refractivity contribution in [3.05, 3.63) is 68.8 Å². The maximum Gasteiger partial charge on any atom is 0.203 e. The van der Waals surface area contributed by atoms with Gasteiger partial charge in [-0.2, -0.15) is 0 Å². The first-order valence-electron chi connectivity index (χ1n) is 6.46. The number of rotatable bonds is 2. The van der Waals surface area contributed by atoms with E-state index in [9.17, 15) is 9.18 Å². The Morgan fingerprint density at radius 1 is 1.10 bits per heavy atom. The highest BCUT2D eigenvalue weighted by Gasteiger charge is 2.16. The number of carbonyl (C=O) groups is 1. The van der Waals surface area contributed by atoms with E-state index in [2.05, 4.69) is 0 Å². The van der Waals surface area contributed by atoms with Crippen molar-refractivity contribution >= 4 is 38.8 Å². The first-order valence-corrected chi connectivity index (χ1v) is 7.65. The van der Waals surface area contributed by atoms with E-state index in [4.69, 9.17) is 11.6 Å². The molecule has 0 aliphatic carbocycles. The number of ketones is 1. The van der Waals surface area contributed by atoms with Crippen LogP contribution in [0, 0.1) is 19.7 Å². The second kappa shape index (κ2) is 5.24. The van der Waals surface area contributed by atoms with Gasteiger partial charge in [0, 0.05) is 15.3 Å². The van der Waals surface area contributed by atoms with E-state index in [-0.39, 0.29) is 11.6 Å². The number of thiophene rings is 1. The third-order valence-corrected chi connectivity index (χ3v) is 4.96. The summed E-state index contributed by atoms with van der Waals surface area (Å²) >= 11 is 7.38. The Hall–Kier alpha value is -1.71. The minimum Gasteiger partial charge on any atom is -0.288 e. The number of halogens is 2. The molecule has 0 N–H and O–H groups in total. The zero-order valence-electron chi connectivity index (χ0n) is 11.5. The molecule has 106 valence electrons. The molecular formula is C17H12ClFOS. The SMILES string of the molecule is Cc1cc(C(=O)c2cc3ccc(F)cc3s2)c(C)cc1Cl. The molecule has 3 rings (SSSR count). The van der Waals surface area contributed by atoms with Gasteiger partial charge >= 0.3 is 0 Å². The van der Waals surface area contributed by atoms with E-state index >= 15 is 0 Å². The van der Waals surface area contributed by atoms with Gasteiger partial charge in [-0.1, -0.05) is 17.7 Å². The minimum atomic E-state index is -0.290. The summed E-state index contributed by atoms with van der Waals surface area (Å²) in [5, 5.41) is 1.54. The van der Waals surface area contributed by atoms with Gasteiger partial charge < -0.3 is 0 Å². The summed E-state index contributed by atoms with van der Waals surface area (Å²) in [4.78, 5) is 13.3. The molecular weight excluding hydrogens is 307 g/mol. The fourth-order valence-corrected chi connectivity index (χ4v) is 3.54. The molecule has 0 amide bonds. The Balaban J connectivity index is 2.10. The van der Waals surface area contributed by atoms with Crippen LogP contribution in [0.1, 0.15) is 26.4 Å². The lowest BCUT2D eigenvalue weighted by molar-refractivity contribution is 0.104. The molecule has 0 fully saturated rings. The number of benzene rings is 2. The van der Waals surface area contributed by atoms with Crippen LogP contribution in [0.2, 0.25) is 5.02 Å². The van der Waals surface area contributed by atoms with E-state index in [1.54, 1.807) is 12.1 Å².